The maximum Gasteiger partial charge on any atom is 0.255 e. The number of hydrogen-bond donors (Lipinski definition) is 2. The minimum absolute atomic E-state index is 0.0430. The van der Waals surface area contributed by atoms with Crippen molar-refractivity contribution in [1.29, 1.82) is 0 Å². The van der Waals surface area contributed by atoms with Crippen LogP contribution in [0.2, 0.25) is 0 Å². The van der Waals surface area contributed by atoms with Gasteiger partial charge in [-0.1, -0.05) is 12.1 Å². The van der Waals surface area contributed by atoms with E-state index in [-0.39, 0.29) is 29.7 Å². The molecule has 3 saturated heterocycles. The van der Waals surface area contributed by atoms with Crippen LogP contribution in [0.15, 0.2) is 18.2 Å². The van der Waals surface area contributed by atoms with Gasteiger partial charge in [-0.2, -0.15) is 0 Å². The Hall–Kier alpha value is -2.29. The van der Waals surface area contributed by atoms with Crippen molar-refractivity contribution in [1.82, 2.24) is 20.4 Å². The second kappa shape index (κ2) is 7.76. The van der Waals surface area contributed by atoms with E-state index in [1.165, 1.54) is 0 Å². The lowest BCUT2D eigenvalue weighted by molar-refractivity contribution is -0.136. The molecule has 3 fully saturated rings. The van der Waals surface area contributed by atoms with Gasteiger partial charge in [0, 0.05) is 38.2 Å². The van der Waals surface area contributed by atoms with Crippen molar-refractivity contribution in [3.63, 3.8) is 0 Å². The molecule has 4 heterocycles. The average Bonchev–Trinajstić information content (AvgIpc) is 3.05. The zero-order chi connectivity index (χ0) is 20.7. The fourth-order valence-corrected chi connectivity index (χ4v) is 5.20. The maximum absolute atomic E-state index is 13.0. The van der Waals surface area contributed by atoms with Gasteiger partial charge in [0.05, 0.1) is 12.2 Å². The fourth-order valence-electron chi connectivity index (χ4n) is 5.20. The number of piperidine rings is 2. The summed E-state index contributed by atoms with van der Waals surface area (Å²) in [6, 6.07) is 5.51. The Labute approximate surface area is 175 Å². The van der Waals surface area contributed by atoms with Crippen molar-refractivity contribution in [2.45, 2.75) is 50.4 Å². The normalized spacial score (nSPS) is 26.7. The van der Waals surface area contributed by atoms with Crippen LogP contribution in [-0.2, 0) is 27.4 Å². The SMILES string of the molecule is O=C1CCC(N2Cc3ccc(CN4CCOC5(CCNCC5)C4)cc3C2=O)C(=O)N1. The van der Waals surface area contributed by atoms with Crippen molar-refractivity contribution < 1.29 is 19.1 Å². The third-order valence-corrected chi connectivity index (χ3v) is 6.84. The fraction of sp³-hybridized carbons (Fsp3) is 0.591. The summed E-state index contributed by atoms with van der Waals surface area (Å²) in [5, 5.41) is 5.76. The van der Waals surface area contributed by atoms with Crippen LogP contribution in [0.1, 0.15) is 47.2 Å². The summed E-state index contributed by atoms with van der Waals surface area (Å²) in [4.78, 5) is 40.7. The van der Waals surface area contributed by atoms with E-state index in [1.807, 2.05) is 12.1 Å². The highest BCUT2D eigenvalue weighted by atomic mass is 16.5. The monoisotopic (exact) mass is 412 g/mol. The van der Waals surface area contributed by atoms with Crippen molar-refractivity contribution in [3.8, 4) is 0 Å². The minimum atomic E-state index is -0.565. The van der Waals surface area contributed by atoms with E-state index in [4.69, 9.17) is 4.74 Å². The smallest absolute Gasteiger partial charge is 0.255 e. The van der Waals surface area contributed by atoms with Crippen LogP contribution >= 0.6 is 0 Å². The quantitative estimate of drug-likeness (QED) is 0.699. The third kappa shape index (κ3) is 3.64. The number of imide groups is 1. The molecule has 160 valence electrons. The van der Waals surface area contributed by atoms with Crippen molar-refractivity contribution in [2.75, 3.05) is 32.8 Å². The molecule has 0 bridgehead atoms. The Morgan fingerprint density at radius 2 is 2.00 bits per heavy atom. The molecule has 0 radical (unpaired) electrons. The number of carbonyl (C=O) groups excluding carboxylic acids is 3. The molecule has 0 aromatic heterocycles. The van der Waals surface area contributed by atoms with Gasteiger partial charge >= 0.3 is 0 Å². The van der Waals surface area contributed by atoms with Gasteiger partial charge in [-0.15, -0.1) is 0 Å². The highest BCUT2D eigenvalue weighted by Gasteiger charge is 2.40. The summed E-state index contributed by atoms with van der Waals surface area (Å²) < 4.78 is 6.16. The number of rotatable bonds is 3. The molecule has 4 aliphatic heterocycles. The van der Waals surface area contributed by atoms with E-state index >= 15 is 0 Å². The predicted octanol–water partition coefficient (Wildman–Crippen LogP) is 0.402. The number of ether oxygens (including phenoxy) is 1. The second-order valence-electron chi connectivity index (χ2n) is 8.88. The molecule has 30 heavy (non-hydrogen) atoms. The topological polar surface area (TPSA) is 91.0 Å². The highest BCUT2D eigenvalue weighted by molar-refractivity contribution is 6.05. The Bertz CT molecular complexity index is 874. The lowest BCUT2D eigenvalue weighted by Gasteiger charge is -2.45. The Balaban J connectivity index is 1.28. The summed E-state index contributed by atoms with van der Waals surface area (Å²) in [5.41, 5.74) is 2.70. The molecule has 8 heteroatoms. The molecular formula is C22H28N4O4. The minimum Gasteiger partial charge on any atom is -0.372 e. The lowest BCUT2D eigenvalue weighted by atomic mass is 9.90. The standard InChI is InChI=1S/C22H28N4O4/c27-19-4-3-18(20(28)24-19)26-13-16-2-1-15(11-17(16)21(26)29)12-25-9-10-30-22(14-25)5-7-23-8-6-22/h1-2,11,18,23H,3-10,12-14H2,(H,24,27,28). The van der Waals surface area contributed by atoms with Crippen molar-refractivity contribution >= 4 is 17.7 Å². The van der Waals surface area contributed by atoms with E-state index < -0.39 is 6.04 Å². The maximum atomic E-state index is 13.0. The zero-order valence-electron chi connectivity index (χ0n) is 17.1. The molecule has 8 nitrogen and oxygen atoms in total. The van der Waals surface area contributed by atoms with Gasteiger partial charge in [0.2, 0.25) is 11.8 Å². The summed E-state index contributed by atoms with van der Waals surface area (Å²) in [5.74, 6) is -0.744. The van der Waals surface area contributed by atoms with E-state index in [0.29, 0.717) is 18.5 Å². The molecule has 3 amide bonds. The first kappa shape index (κ1) is 19.7. The first-order valence-electron chi connectivity index (χ1n) is 10.9. The summed E-state index contributed by atoms with van der Waals surface area (Å²) in [7, 11) is 0. The number of carbonyl (C=O) groups is 3. The number of morpholine rings is 1. The van der Waals surface area contributed by atoms with Gasteiger partial charge in [0.25, 0.3) is 5.91 Å². The first-order valence-corrected chi connectivity index (χ1v) is 10.9. The van der Waals surface area contributed by atoms with Crippen LogP contribution in [0, 0.1) is 0 Å². The molecule has 0 saturated carbocycles. The van der Waals surface area contributed by atoms with Gasteiger partial charge in [0.15, 0.2) is 0 Å². The van der Waals surface area contributed by atoms with Crippen molar-refractivity contribution in [3.05, 3.63) is 34.9 Å². The average molecular weight is 412 g/mol. The van der Waals surface area contributed by atoms with Gasteiger partial charge < -0.3 is 15.0 Å². The molecule has 1 unspecified atom stereocenters. The largest absolute Gasteiger partial charge is 0.372 e. The Morgan fingerprint density at radius 3 is 2.80 bits per heavy atom. The van der Waals surface area contributed by atoms with Crippen molar-refractivity contribution in [2.24, 2.45) is 0 Å². The molecule has 0 aliphatic carbocycles. The number of hydrogen-bond acceptors (Lipinski definition) is 6. The van der Waals surface area contributed by atoms with Crippen LogP contribution in [0.4, 0.5) is 0 Å². The molecule has 2 N–H and O–H groups in total. The van der Waals surface area contributed by atoms with Gasteiger partial charge in [-0.05, 0) is 49.5 Å². The third-order valence-electron chi connectivity index (χ3n) is 6.84. The molecule has 1 atom stereocenters. The Kier molecular flexibility index (Phi) is 5.08. The first-order chi connectivity index (χ1) is 14.5. The van der Waals surface area contributed by atoms with Crippen LogP contribution in [0.3, 0.4) is 0 Å². The molecule has 1 aromatic carbocycles. The molecule has 4 aliphatic rings. The summed E-state index contributed by atoms with van der Waals surface area (Å²) in [6.45, 7) is 5.76. The van der Waals surface area contributed by atoms with Crippen LogP contribution in [0.5, 0.6) is 0 Å². The van der Waals surface area contributed by atoms with Crippen LogP contribution in [-0.4, -0.2) is 72.0 Å². The summed E-state index contributed by atoms with van der Waals surface area (Å²) >= 11 is 0. The van der Waals surface area contributed by atoms with E-state index in [0.717, 1.165) is 63.3 Å². The van der Waals surface area contributed by atoms with Gasteiger partial charge in [-0.25, -0.2) is 0 Å². The highest BCUT2D eigenvalue weighted by Crippen LogP contribution is 2.31. The van der Waals surface area contributed by atoms with Crippen LogP contribution in [0.25, 0.3) is 0 Å². The van der Waals surface area contributed by atoms with Gasteiger partial charge in [-0.3, -0.25) is 24.6 Å². The number of nitrogens with one attached hydrogen (secondary N) is 2. The number of fused-ring (bicyclic) bond motifs is 1. The molecule has 1 spiro atoms. The van der Waals surface area contributed by atoms with E-state index in [2.05, 4.69) is 21.6 Å². The summed E-state index contributed by atoms with van der Waals surface area (Å²) in [6.07, 6.45) is 2.73. The zero-order valence-corrected chi connectivity index (χ0v) is 17.1. The Morgan fingerprint density at radius 1 is 1.17 bits per heavy atom. The molecule has 5 rings (SSSR count). The molecular weight excluding hydrogens is 384 g/mol. The van der Waals surface area contributed by atoms with E-state index in [1.54, 1.807) is 4.90 Å². The van der Waals surface area contributed by atoms with Gasteiger partial charge in [0.1, 0.15) is 6.04 Å². The second-order valence-corrected chi connectivity index (χ2v) is 8.88. The lowest BCUT2D eigenvalue weighted by Crippen LogP contribution is -2.55. The number of nitrogens with zero attached hydrogens (tertiary/aromatic N) is 2. The van der Waals surface area contributed by atoms with Crippen LogP contribution < -0.4 is 10.6 Å². The molecule has 1 aromatic rings. The number of benzene rings is 1. The number of amides is 3. The van der Waals surface area contributed by atoms with E-state index in [9.17, 15) is 14.4 Å². The predicted molar refractivity (Wildman–Crippen MR) is 109 cm³/mol.